The molecule has 2 N–H and O–H groups in total. The van der Waals surface area contributed by atoms with E-state index < -0.39 is 92.2 Å². The predicted octanol–water partition coefficient (Wildman–Crippen LogP) is 4.76. The van der Waals surface area contributed by atoms with Gasteiger partial charge in [-0.15, -0.1) is 0 Å². The van der Waals surface area contributed by atoms with Gasteiger partial charge in [0.2, 0.25) is 0 Å². The number of hydrogen-bond acceptors (Lipinski definition) is 11. The summed E-state index contributed by atoms with van der Waals surface area (Å²) >= 11 is 0. The molecule has 2 saturated carbocycles. The minimum absolute atomic E-state index is 0.0400. The molecule has 0 radical (unpaired) electrons. The van der Waals surface area contributed by atoms with Gasteiger partial charge in [0.25, 0.3) is 0 Å². The van der Waals surface area contributed by atoms with Crippen molar-refractivity contribution in [2.45, 2.75) is 107 Å². The first-order valence-electron chi connectivity index (χ1n) is 17.7. The van der Waals surface area contributed by atoms with Crippen molar-refractivity contribution in [3.05, 3.63) is 28.3 Å². The van der Waals surface area contributed by atoms with Gasteiger partial charge in [0.15, 0.2) is 28.7 Å². The zero-order valence-corrected chi connectivity index (χ0v) is 31.7. The van der Waals surface area contributed by atoms with Gasteiger partial charge >= 0.3 is 12.1 Å². The van der Waals surface area contributed by atoms with E-state index in [1.54, 1.807) is 33.8 Å². The Morgan fingerprint density at radius 2 is 1.57 bits per heavy atom. The summed E-state index contributed by atoms with van der Waals surface area (Å²) in [4.78, 5) is 95.7. The van der Waals surface area contributed by atoms with Crippen LogP contribution in [0.4, 0.5) is 4.79 Å². The van der Waals surface area contributed by atoms with Crippen molar-refractivity contribution in [2.75, 3.05) is 19.8 Å². The highest BCUT2D eigenvalue weighted by atomic mass is 16.6. The fourth-order valence-electron chi connectivity index (χ4n) is 9.29. The van der Waals surface area contributed by atoms with Gasteiger partial charge in [-0.2, -0.15) is 0 Å². The molecule has 1 aromatic rings. The maximum absolute atomic E-state index is 14.7. The Morgan fingerprint density at radius 1 is 0.980 bits per heavy atom. The number of rotatable bonds is 9. The SMILES string of the molecule is CC(=O)OCCOC(=O)N(Cc1cc(C(C)C)c2c(c1O)C(=O)C1C(=O)[C@@]3(O)C(=O)C(C(C)=O)C(=O)C(C(C)C)[C@@]3(C)C[C@@]1(C)C2)CC(C)(C)C. The zero-order valence-electron chi connectivity index (χ0n) is 31.7. The molecule has 0 aliphatic heterocycles. The molecule has 2 fully saturated rings. The van der Waals surface area contributed by atoms with Gasteiger partial charge in [-0.3, -0.25) is 28.8 Å². The van der Waals surface area contributed by atoms with Gasteiger partial charge in [-0.25, -0.2) is 4.79 Å². The van der Waals surface area contributed by atoms with E-state index in [-0.39, 0.29) is 56.2 Å². The van der Waals surface area contributed by atoms with Crippen molar-refractivity contribution in [3.8, 4) is 5.75 Å². The average molecular weight is 712 g/mol. The molecule has 3 unspecified atom stereocenters. The van der Waals surface area contributed by atoms with E-state index in [2.05, 4.69) is 0 Å². The number of ether oxygens (including phenoxy) is 2. The first-order valence-corrected chi connectivity index (χ1v) is 17.7. The molecule has 3 aliphatic rings. The lowest BCUT2D eigenvalue weighted by atomic mass is 9.39. The van der Waals surface area contributed by atoms with Crippen molar-refractivity contribution in [3.63, 3.8) is 0 Å². The number of aromatic hydroxyl groups is 1. The van der Waals surface area contributed by atoms with E-state index in [0.29, 0.717) is 5.56 Å². The molecule has 0 bridgehead atoms. The third-order valence-electron chi connectivity index (χ3n) is 11.0. The molecule has 12 heteroatoms. The van der Waals surface area contributed by atoms with Crippen LogP contribution in [0.5, 0.6) is 5.75 Å². The van der Waals surface area contributed by atoms with E-state index in [0.717, 1.165) is 12.5 Å². The maximum Gasteiger partial charge on any atom is 0.410 e. The fraction of sp³-hybridized carbons (Fsp3) is 0.667. The largest absolute Gasteiger partial charge is 0.507 e. The fourth-order valence-corrected chi connectivity index (χ4v) is 9.29. The van der Waals surface area contributed by atoms with Gasteiger partial charge < -0.3 is 24.6 Å². The van der Waals surface area contributed by atoms with Crippen LogP contribution in [0.3, 0.4) is 0 Å². The van der Waals surface area contributed by atoms with Crippen LogP contribution in [0.1, 0.15) is 116 Å². The Bertz CT molecular complexity index is 1690. The number of benzene rings is 1. The van der Waals surface area contributed by atoms with E-state index in [1.807, 2.05) is 34.6 Å². The Morgan fingerprint density at radius 3 is 2.08 bits per heavy atom. The molecule has 1 aromatic carbocycles. The summed E-state index contributed by atoms with van der Waals surface area (Å²) in [5.74, 6) is -10.4. The van der Waals surface area contributed by atoms with E-state index >= 15 is 0 Å². The highest BCUT2D eigenvalue weighted by Gasteiger charge is 2.76. The van der Waals surface area contributed by atoms with Gasteiger partial charge in [0.1, 0.15) is 30.7 Å². The minimum Gasteiger partial charge on any atom is -0.507 e. The van der Waals surface area contributed by atoms with Crippen LogP contribution in [-0.4, -0.2) is 81.5 Å². The van der Waals surface area contributed by atoms with Crippen molar-refractivity contribution in [2.24, 2.45) is 39.9 Å². The Balaban J connectivity index is 1.86. The summed E-state index contributed by atoms with van der Waals surface area (Å²) in [7, 11) is 0. The lowest BCUT2D eigenvalue weighted by molar-refractivity contribution is -0.205. The molecule has 0 saturated heterocycles. The molecule has 0 aromatic heterocycles. The molecular formula is C39H53NO11. The lowest BCUT2D eigenvalue weighted by Crippen LogP contribution is -2.76. The minimum atomic E-state index is -2.79. The first-order chi connectivity index (χ1) is 23.3. The van der Waals surface area contributed by atoms with Crippen molar-refractivity contribution >= 4 is 41.0 Å². The van der Waals surface area contributed by atoms with Crippen LogP contribution >= 0.6 is 0 Å². The number of ketones is 5. The maximum atomic E-state index is 14.7. The van der Waals surface area contributed by atoms with Crippen LogP contribution in [0, 0.1) is 39.9 Å². The number of phenolic OH excluding ortho intramolecular Hbond substituents is 1. The van der Waals surface area contributed by atoms with Gasteiger partial charge in [-0.05, 0) is 59.6 Å². The summed E-state index contributed by atoms with van der Waals surface area (Å²) in [6, 6.07) is 1.75. The predicted molar refractivity (Wildman–Crippen MR) is 185 cm³/mol. The summed E-state index contributed by atoms with van der Waals surface area (Å²) in [5.41, 5.74) is -4.59. The van der Waals surface area contributed by atoms with Crippen LogP contribution in [0.2, 0.25) is 0 Å². The number of fused-ring (bicyclic) bond motifs is 3. The Kier molecular flexibility index (Phi) is 10.6. The van der Waals surface area contributed by atoms with E-state index in [1.165, 1.54) is 11.8 Å². The van der Waals surface area contributed by atoms with Crippen LogP contribution in [0.25, 0.3) is 0 Å². The second-order valence-electron chi connectivity index (χ2n) is 17.2. The standard InChI is InChI=1S/C39H53NO11/c1-19(2)24-14-23(16-40(18-36(7,8)9)35(48)51-13-12-50-22(6)42)30(43)27-25(24)15-37(10)17-38(11)28(20(3)4)31(44)26(21(5)41)33(46)39(38,49)34(47)29(37)32(27)45/h14,19-20,26,28-29,43,49H,12-13,15-18H2,1-11H3/t26?,28?,29?,37-,38-,39+/m1/s1. The summed E-state index contributed by atoms with van der Waals surface area (Å²) < 4.78 is 10.2. The third kappa shape index (κ3) is 6.64. The average Bonchev–Trinajstić information content (AvgIpc) is 2.96. The number of phenols is 1. The molecule has 0 spiro atoms. The Labute approximate surface area is 299 Å². The van der Waals surface area contributed by atoms with Crippen molar-refractivity contribution in [1.29, 1.82) is 0 Å². The number of carbonyl (C=O) groups is 7. The number of Topliss-reactive ketones (excluding diaryl/α,β-unsaturated/α-hetero) is 5. The second kappa shape index (κ2) is 13.6. The molecule has 4 rings (SSSR count). The van der Waals surface area contributed by atoms with Crippen LogP contribution in [0.15, 0.2) is 6.07 Å². The monoisotopic (exact) mass is 711 g/mol. The topological polar surface area (TPSA) is 182 Å². The van der Waals surface area contributed by atoms with Crippen LogP contribution < -0.4 is 0 Å². The Hall–Kier alpha value is -3.93. The molecule has 0 heterocycles. The number of nitrogens with zero attached hydrogens (tertiary/aromatic N) is 1. The third-order valence-corrected chi connectivity index (χ3v) is 11.0. The molecule has 6 atom stereocenters. The molecule has 280 valence electrons. The van der Waals surface area contributed by atoms with Crippen molar-refractivity contribution in [1.82, 2.24) is 4.90 Å². The van der Waals surface area contributed by atoms with E-state index in [9.17, 15) is 43.8 Å². The molecular weight excluding hydrogens is 658 g/mol. The highest BCUT2D eigenvalue weighted by Crippen LogP contribution is 2.64. The number of hydrogen-bond donors (Lipinski definition) is 2. The quantitative estimate of drug-likeness (QED) is 0.205. The molecule has 12 nitrogen and oxygen atoms in total. The second-order valence-corrected chi connectivity index (χ2v) is 17.2. The normalized spacial score (nSPS) is 29.0. The first kappa shape index (κ1) is 39.8. The number of aliphatic hydroxyl groups is 1. The van der Waals surface area contributed by atoms with Gasteiger partial charge in [0, 0.05) is 30.4 Å². The molecule has 1 amide bonds. The zero-order chi connectivity index (χ0) is 38.8. The van der Waals surface area contributed by atoms with Crippen LogP contribution in [-0.2, 0) is 46.4 Å². The number of carbonyl (C=O) groups excluding carboxylic acids is 7. The summed E-state index contributed by atoms with van der Waals surface area (Å²) in [6.07, 6.45) is -0.639. The smallest absolute Gasteiger partial charge is 0.410 e. The van der Waals surface area contributed by atoms with E-state index in [4.69, 9.17) is 9.47 Å². The summed E-state index contributed by atoms with van der Waals surface area (Å²) in [5, 5.41) is 24.2. The van der Waals surface area contributed by atoms with Crippen molar-refractivity contribution < 1.29 is 53.2 Å². The number of amides is 1. The van der Waals surface area contributed by atoms with Gasteiger partial charge in [-0.1, -0.05) is 62.3 Å². The highest BCUT2D eigenvalue weighted by molar-refractivity contribution is 6.32. The lowest BCUT2D eigenvalue weighted by Gasteiger charge is -2.62. The summed E-state index contributed by atoms with van der Waals surface area (Å²) in [6.45, 7) is 18.4. The molecule has 51 heavy (non-hydrogen) atoms. The van der Waals surface area contributed by atoms with Gasteiger partial charge in [0.05, 0.1) is 18.0 Å². The number of esters is 1. The molecule has 3 aliphatic carbocycles.